The van der Waals surface area contributed by atoms with E-state index in [1.807, 2.05) is 19.1 Å². The van der Waals surface area contributed by atoms with Crippen LogP contribution in [0, 0.1) is 5.92 Å². The lowest BCUT2D eigenvalue weighted by molar-refractivity contribution is -0.153. The number of carbonyl (C=O) groups excluding carboxylic acids is 2. The zero-order valence-corrected chi connectivity index (χ0v) is 16.7. The number of nitrogens with zero attached hydrogens (tertiary/aromatic N) is 1. The van der Waals surface area contributed by atoms with Crippen molar-refractivity contribution >= 4 is 28.4 Å². The van der Waals surface area contributed by atoms with E-state index in [0.717, 1.165) is 5.56 Å². The molecule has 0 aliphatic carbocycles. The highest BCUT2D eigenvalue weighted by Crippen LogP contribution is 2.35. The van der Waals surface area contributed by atoms with Crippen LogP contribution in [0.3, 0.4) is 0 Å². The molecule has 7 heteroatoms. The Kier molecular flexibility index (Phi) is 6.03. The second-order valence-corrected chi connectivity index (χ2v) is 9.26. The van der Waals surface area contributed by atoms with E-state index in [2.05, 4.69) is 11.5 Å². The Morgan fingerprint density at radius 2 is 1.92 bits per heavy atom. The van der Waals surface area contributed by atoms with E-state index in [1.54, 1.807) is 40.0 Å². The average Bonchev–Trinajstić information content (AvgIpc) is 2.60. The molecular weight excluding hydrogens is 352 g/mol. The first-order chi connectivity index (χ1) is 12.1. The Morgan fingerprint density at radius 1 is 1.35 bits per heavy atom. The van der Waals surface area contributed by atoms with Crippen LogP contribution in [0.15, 0.2) is 30.8 Å². The molecule has 26 heavy (non-hydrogen) atoms. The van der Waals surface area contributed by atoms with Gasteiger partial charge in [-0.25, -0.2) is 9.00 Å². The molecule has 1 aliphatic rings. The number of likely N-dealkylation sites (N-methyl/N-ethyl adjacent to an activating group) is 1. The van der Waals surface area contributed by atoms with Gasteiger partial charge in [-0.1, -0.05) is 36.6 Å². The number of carbonyl (C=O) groups is 2. The van der Waals surface area contributed by atoms with E-state index in [0.29, 0.717) is 17.6 Å². The third-order valence-corrected chi connectivity index (χ3v) is 5.84. The first-order valence-electron chi connectivity index (χ1n) is 8.53. The molecule has 0 saturated carbocycles. The standard InChI is InChI=1S/C19H26N2O4S/c1-7-13(18(23)25-20-26(24)19(3,4)5)16-12(2)14-10-8-9-11-15(14)17(22)21(16)6/h8-11,13,16,20H,2,7H2,1,3-6H3/t13-,16-,26+/m0/s1. The van der Waals surface area contributed by atoms with Gasteiger partial charge in [0.2, 0.25) is 0 Å². The van der Waals surface area contributed by atoms with Crippen LogP contribution in [0.5, 0.6) is 0 Å². The maximum atomic E-state index is 12.7. The van der Waals surface area contributed by atoms with E-state index >= 15 is 0 Å². The lowest BCUT2D eigenvalue weighted by Gasteiger charge is -2.39. The summed E-state index contributed by atoms with van der Waals surface area (Å²) in [6.07, 6.45) is 0.451. The van der Waals surface area contributed by atoms with Crippen molar-refractivity contribution in [2.45, 2.75) is 44.9 Å². The fourth-order valence-electron chi connectivity index (χ4n) is 2.97. The Hall–Kier alpha value is -1.99. The molecule has 0 fully saturated rings. The van der Waals surface area contributed by atoms with Crippen LogP contribution in [0.2, 0.25) is 0 Å². The molecule has 0 bridgehead atoms. The summed E-state index contributed by atoms with van der Waals surface area (Å²) in [4.78, 5) is 34.2. The van der Waals surface area contributed by atoms with Crippen LogP contribution in [0.1, 0.15) is 50.0 Å². The van der Waals surface area contributed by atoms with E-state index in [-0.39, 0.29) is 5.91 Å². The van der Waals surface area contributed by atoms with E-state index in [4.69, 9.17) is 4.84 Å². The Morgan fingerprint density at radius 3 is 2.46 bits per heavy atom. The maximum Gasteiger partial charge on any atom is 0.331 e. The fraction of sp³-hybridized carbons (Fsp3) is 0.474. The normalized spacial score (nSPS) is 19.7. The summed E-state index contributed by atoms with van der Waals surface area (Å²) in [5.41, 5.74) is 2.02. The largest absolute Gasteiger partial charge is 0.357 e. The second kappa shape index (κ2) is 7.72. The summed E-state index contributed by atoms with van der Waals surface area (Å²) in [7, 11) is 0.119. The van der Waals surface area contributed by atoms with Gasteiger partial charge in [-0.15, -0.1) is 0 Å². The highest BCUT2D eigenvalue weighted by Gasteiger charge is 2.40. The number of nitrogens with one attached hydrogen (secondary N) is 1. The van der Waals surface area contributed by atoms with Gasteiger partial charge in [-0.05, 0) is 44.4 Å². The van der Waals surface area contributed by atoms with Crippen molar-refractivity contribution in [2.24, 2.45) is 5.92 Å². The molecule has 1 N–H and O–H groups in total. The van der Waals surface area contributed by atoms with E-state index < -0.39 is 33.7 Å². The molecular formula is C19H26N2O4S. The average molecular weight is 378 g/mol. The molecule has 1 amide bonds. The van der Waals surface area contributed by atoms with Gasteiger partial charge in [-0.2, -0.15) is 0 Å². The van der Waals surface area contributed by atoms with Crippen molar-refractivity contribution in [1.29, 1.82) is 0 Å². The monoisotopic (exact) mass is 378 g/mol. The van der Waals surface area contributed by atoms with Crippen LogP contribution in [0.25, 0.3) is 5.57 Å². The number of hydrogen-bond acceptors (Lipinski definition) is 4. The molecule has 1 aromatic carbocycles. The topological polar surface area (TPSA) is 75.7 Å². The molecule has 0 saturated heterocycles. The predicted octanol–water partition coefficient (Wildman–Crippen LogP) is 2.69. The van der Waals surface area contributed by atoms with Gasteiger partial charge in [-0.3, -0.25) is 4.79 Å². The molecule has 2 rings (SSSR count). The molecule has 142 valence electrons. The van der Waals surface area contributed by atoms with E-state index in [1.165, 1.54) is 4.90 Å². The number of rotatable bonds is 5. The molecule has 1 heterocycles. The van der Waals surface area contributed by atoms with Gasteiger partial charge in [0.05, 0.1) is 16.7 Å². The Labute approximate surface area is 157 Å². The number of hydrogen-bond donors (Lipinski definition) is 1. The van der Waals surface area contributed by atoms with Gasteiger partial charge in [0.25, 0.3) is 5.91 Å². The van der Waals surface area contributed by atoms with Crippen molar-refractivity contribution in [3.05, 3.63) is 42.0 Å². The minimum Gasteiger partial charge on any atom is -0.357 e. The van der Waals surface area contributed by atoms with Gasteiger partial charge in [0.1, 0.15) is 11.0 Å². The van der Waals surface area contributed by atoms with Crippen molar-refractivity contribution in [2.75, 3.05) is 7.05 Å². The van der Waals surface area contributed by atoms with Crippen LogP contribution >= 0.6 is 0 Å². The Balaban J connectivity index is 2.24. The highest BCUT2D eigenvalue weighted by molar-refractivity contribution is 7.84. The van der Waals surface area contributed by atoms with Crippen molar-refractivity contribution in [1.82, 2.24) is 9.79 Å². The van der Waals surface area contributed by atoms with E-state index in [9.17, 15) is 13.8 Å². The molecule has 3 atom stereocenters. The lowest BCUT2D eigenvalue weighted by Crippen LogP contribution is -2.49. The SMILES string of the molecule is C=C1c2ccccc2C(=O)N(C)[C@@H]1[C@H](CC)C(=O)ON[S@](=O)C(C)(C)C. The van der Waals surface area contributed by atoms with Crippen LogP contribution in [-0.2, 0) is 20.6 Å². The number of fused-ring (bicyclic) bond motifs is 1. The highest BCUT2D eigenvalue weighted by atomic mass is 32.2. The number of benzene rings is 1. The third-order valence-electron chi connectivity index (χ3n) is 4.50. The minimum atomic E-state index is -1.54. The smallest absolute Gasteiger partial charge is 0.331 e. The molecule has 0 aromatic heterocycles. The maximum absolute atomic E-state index is 12.7. The predicted molar refractivity (Wildman–Crippen MR) is 102 cm³/mol. The van der Waals surface area contributed by atoms with Crippen molar-refractivity contribution < 1.29 is 18.6 Å². The van der Waals surface area contributed by atoms with Crippen LogP contribution < -0.4 is 4.89 Å². The zero-order valence-electron chi connectivity index (χ0n) is 15.9. The summed E-state index contributed by atoms with van der Waals surface area (Å²) in [5.74, 6) is -1.33. The minimum absolute atomic E-state index is 0.157. The van der Waals surface area contributed by atoms with Crippen LogP contribution in [-0.4, -0.2) is 38.8 Å². The third kappa shape index (κ3) is 3.88. The van der Waals surface area contributed by atoms with Gasteiger partial charge in [0.15, 0.2) is 0 Å². The Bertz CT molecular complexity index is 754. The zero-order chi connectivity index (χ0) is 19.6. The molecule has 0 radical (unpaired) electrons. The lowest BCUT2D eigenvalue weighted by atomic mass is 9.82. The quantitative estimate of drug-likeness (QED) is 0.800. The number of amides is 1. The molecule has 6 nitrogen and oxygen atoms in total. The first-order valence-corrected chi connectivity index (χ1v) is 9.68. The summed E-state index contributed by atoms with van der Waals surface area (Å²) in [6, 6.07) is 6.71. The summed E-state index contributed by atoms with van der Waals surface area (Å²) in [5, 5.41) is 0. The fourth-order valence-corrected chi connectivity index (χ4v) is 3.38. The molecule has 1 aromatic rings. The summed E-state index contributed by atoms with van der Waals surface area (Å²) < 4.78 is 11.5. The second-order valence-electron chi connectivity index (χ2n) is 7.33. The summed E-state index contributed by atoms with van der Waals surface area (Å²) in [6.45, 7) is 11.3. The van der Waals surface area contributed by atoms with Crippen LogP contribution in [0.4, 0.5) is 0 Å². The van der Waals surface area contributed by atoms with Gasteiger partial charge >= 0.3 is 5.97 Å². The van der Waals surface area contributed by atoms with Gasteiger partial charge in [0, 0.05) is 12.6 Å². The molecule has 1 aliphatic heterocycles. The van der Waals surface area contributed by atoms with Gasteiger partial charge < -0.3 is 9.74 Å². The van der Waals surface area contributed by atoms with Crippen molar-refractivity contribution in [3.8, 4) is 0 Å². The molecule has 0 unspecified atom stereocenters. The van der Waals surface area contributed by atoms with Crippen molar-refractivity contribution in [3.63, 3.8) is 0 Å². The molecule has 0 spiro atoms. The summed E-state index contributed by atoms with van der Waals surface area (Å²) >= 11 is 0. The first kappa shape index (κ1) is 20.3.